The van der Waals surface area contributed by atoms with Crippen LogP contribution in [-0.4, -0.2) is 47.5 Å². The highest BCUT2D eigenvalue weighted by atomic mass is 33.1. The lowest BCUT2D eigenvalue weighted by Crippen LogP contribution is -2.32. The molecule has 0 aromatic rings. The van der Waals surface area contributed by atoms with E-state index >= 15 is 0 Å². The van der Waals surface area contributed by atoms with Gasteiger partial charge >= 0.3 is 12.1 Å². The number of hydrogen-bond donors (Lipinski definition) is 4. The summed E-state index contributed by atoms with van der Waals surface area (Å²) in [5, 5.41) is 9.19. The van der Waals surface area contributed by atoms with Crippen molar-refractivity contribution < 1.29 is 19.2 Å². The largest absolute Gasteiger partial charge is 0.325 e. The second-order valence-electron chi connectivity index (χ2n) is 3.60. The number of urea groups is 2. The number of imide groups is 2. The van der Waals surface area contributed by atoms with Gasteiger partial charge in [-0.25, -0.2) is 9.59 Å². The van der Waals surface area contributed by atoms with Crippen molar-refractivity contribution in [3.05, 3.63) is 0 Å². The first-order chi connectivity index (χ1) is 8.56. The van der Waals surface area contributed by atoms with Crippen LogP contribution >= 0.6 is 21.6 Å². The van der Waals surface area contributed by atoms with Gasteiger partial charge in [0.25, 0.3) is 11.8 Å². The predicted molar refractivity (Wildman–Crippen MR) is 65.8 cm³/mol. The quantitative estimate of drug-likeness (QED) is 0.287. The summed E-state index contributed by atoms with van der Waals surface area (Å²) >= 11 is 0. The Balaban J connectivity index is 1.64. The Morgan fingerprint density at radius 1 is 0.778 bits per heavy atom. The summed E-state index contributed by atoms with van der Waals surface area (Å²) in [7, 11) is 2.71. The molecule has 0 bridgehead atoms. The zero-order chi connectivity index (χ0) is 13.1. The third-order valence-electron chi connectivity index (χ3n) is 2.27. The number of carbonyl (C=O) groups excluding carboxylic acids is 4. The zero-order valence-corrected chi connectivity index (χ0v) is 10.7. The first-order valence-electron chi connectivity index (χ1n) is 5.03. The van der Waals surface area contributed by atoms with E-state index in [9.17, 15) is 19.2 Å². The molecule has 4 N–H and O–H groups in total. The second kappa shape index (κ2) is 5.48. The minimum absolute atomic E-state index is 0.347. The van der Waals surface area contributed by atoms with Crippen LogP contribution in [0.3, 0.4) is 0 Å². The van der Waals surface area contributed by atoms with Crippen LogP contribution in [0.4, 0.5) is 9.59 Å². The third-order valence-corrected chi connectivity index (χ3v) is 4.69. The molecule has 2 saturated heterocycles. The first kappa shape index (κ1) is 13.0. The van der Waals surface area contributed by atoms with Gasteiger partial charge in [0.2, 0.25) is 0 Å². The molecule has 0 spiro atoms. The summed E-state index contributed by atoms with van der Waals surface area (Å²) in [5.41, 5.74) is 0. The van der Waals surface area contributed by atoms with Gasteiger partial charge in [0.05, 0.1) is 0 Å². The minimum Gasteiger partial charge on any atom is -0.325 e. The van der Waals surface area contributed by atoms with Crippen molar-refractivity contribution in [3.8, 4) is 0 Å². The summed E-state index contributed by atoms with van der Waals surface area (Å²) in [6.07, 6.45) is 0. The van der Waals surface area contributed by atoms with Gasteiger partial charge in [0.1, 0.15) is 12.1 Å². The average molecular weight is 290 g/mol. The Morgan fingerprint density at radius 3 is 1.44 bits per heavy atom. The third kappa shape index (κ3) is 3.07. The second-order valence-corrected chi connectivity index (χ2v) is 6.15. The van der Waals surface area contributed by atoms with Gasteiger partial charge in [-0.15, -0.1) is 0 Å². The molecule has 18 heavy (non-hydrogen) atoms. The maximum Gasteiger partial charge on any atom is 0.322 e. The normalized spacial score (nSPS) is 26.7. The highest BCUT2D eigenvalue weighted by Gasteiger charge is 2.31. The predicted octanol–water partition coefficient (Wildman–Crippen LogP) is -1.22. The fourth-order valence-electron chi connectivity index (χ4n) is 1.38. The topological polar surface area (TPSA) is 116 Å². The molecular weight excluding hydrogens is 280 g/mol. The molecule has 0 aromatic heterocycles. The van der Waals surface area contributed by atoms with E-state index in [0.29, 0.717) is 11.5 Å². The van der Waals surface area contributed by atoms with Gasteiger partial charge in [-0.05, 0) is 0 Å². The first-order valence-corrected chi connectivity index (χ1v) is 7.52. The fourth-order valence-corrected chi connectivity index (χ4v) is 3.71. The number of hydrogen-bond acceptors (Lipinski definition) is 6. The highest BCUT2D eigenvalue weighted by molar-refractivity contribution is 8.76. The van der Waals surface area contributed by atoms with Crippen molar-refractivity contribution in [1.82, 2.24) is 21.3 Å². The van der Waals surface area contributed by atoms with Crippen LogP contribution in [0.1, 0.15) is 0 Å². The SMILES string of the molecule is O=C1NC(=O)[C@H](CSSC[C@@H]2NC(=O)NC2=O)N1. The van der Waals surface area contributed by atoms with Gasteiger partial charge in [-0.2, -0.15) is 0 Å². The van der Waals surface area contributed by atoms with Crippen molar-refractivity contribution in [2.24, 2.45) is 0 Å². The molecule has 0 unspecified atom stereocenters. The van der Waals surface area contributed by atoms with Gasteiger partial charge in [0, 0.05) is 11.5 Å². The van der Waals surface area contributed by atoms with Gasteiger partial charge in [-0.1, -0.05) is 21.6 Å². The summed E-state index contributed by atoms with van der Waals surface area (Å²) in [6.45, 7) is 0. The highest BCUT2D eigenvalue weighted by Crippen LogP contribution is 2.24. The maximum atomic E-state index is 11.2. The summed E-state index contributed by atoms with van der Waals surface area (Å²) in [5.74, 6) is 0.120. The molecule has 0 aromatic carbocycles. The van der Waals surface area contributed by atoms with Gasteiger partial charge in [0.15, 0.2) is 0 Å². The van der Waals surface area contributed by atoms with Crippen molar-refractivity contribution in [1.29, 1.82) is 0 Å². The van der Waals surface area contributed by atoms with E-state index in [-0.39, 0.29) is 11.8 Å². The Labute approximate surface area is 110 Å². The van der Waals surface area contributed by atoms with Crippen LogP contribution in [-0.2, 0) is 9.59 Å². The molecule has 98 valence electrons. The van der Waals surface area contributed by atoms with E-state index in [4.69, 9.17) is 0 Å². The molecule has 0 saturated carbocycles. The summed E-state index contributed by atoms with van der Waals surface area (Å²) in [4.78, 5) is 44.0. The smallest absolute Gasteiger partial charge is 0.322 e. The molecular formula is C8H10N4O4S2. The van der Waals surface area contributed by atoms with E-state index in [1.807, 2.05) is 0 Å². The van der Waals surface area contributed by atoms with Crippen LogP contribution in [0.2, 0.25) is 0 Å². The van der Waals surface area contributed by atoms with Crippen LogP contribution in [0.15, 0.2) is 0 Å². The molecule has 10 heteroatoms. The van der Waals surface area contributed by atoms with Crippen LogP contribution < -0.4 is 21.3 Å². The molecule has 2 fully saturated rings. The van der Waals surface area contributed by atoms with E-state index in [1.54, 1.807) is 0 Å². The van der Waals surface area contributed by atoms with Crippen LogP contribution in [0.5, 0.6) is 0 Å². The molecule has 2 aliphatic rings. The van der Waals surface area contributed by atoms with Crippen LogP contribution in [0, 0.1) is 0 Å². The van der Waals surface area contributed by atoms with Crippen molar-refractivity contribution in [2.75, 3.05) is 11.5 Å². The van der Waals surface area contributed by atoms with E-state index < -0.39 is 24.1 Å². The lowest BCUT2D eigenvalue weighted by atomic mass is 10.3. The summed E-state index contributed by atoms with van der Waals surface area (Å²) < 4.78 is 0. The summed E-state index contributed by atoms with van der Waals surface area (Å²) in [6, 6.07) is -2.06. The maximum absolute atomic E-state index is 11.2. The van der Waals surface area contributed by atoms with Crippen LogP contribution in [0.25, 0.3) is 0 Å². The molecule has 2 heterocycles. The number of nitrogens with one attached hydrogen (secondary N) is 4. The van der Waals surface area contributed by atoms with Crippen molar-refractivity contribution in [2.45, 2.75) is 12.1 Å². The van der Waals surface area contributed by atoms with Crippen molar-refractivity contribution in [3.63, 3.8) is 0 Å². The molecule has 0 aliphatic carbocycles. The Morgan fingerprint density at radius 2 is 1.17 bits per heavy atom. The van der Waals surface area contributed by atoms with E-state index in [2.05, 4.69) is 21.3 Å². The molecule has 2 rings (SSSR count). The monoisotopic (exact) mass is 290 g/mol. The fraction of sp³-hybridized carbons (Fsp3) is 0.500. The van der Waals surface area contributed by atoms with Gasteiger partial charge in [-0.3, -0.25) is 20.2 Å². The number of rotatable bonds is 5. The molecule has 0 radical (unpaired) electrons. The Kier molecular flexibility index (Phi) is 3.97. The molecule has 2 aliphatic heterocycles. The lowest BCUT2D eigenvalue weighted by molar-refractivity contribution is -0.120. The average Bonchev–Trinajstić information content (AvgIpc) is 2.77. The van der Waals surface area contributed by atoms with Crippen molar-refractivity contribution >= 4 is 45.5 Å². The number of amides is 6. The molecule has 8 nitrogen and oxygen atoms in total. The standard InChI is InChI=1S/C8H10N4O4S2/c13-5-3(9-7(15)11-5)1-17-18-2-4-6(14)12-8(16)10-4/h3-4H,1-2H2,(H2,9,11,13,15)(H2,10,12,14,16)/t3-,4-/m0/s1. The molecule has 2 atom stereocenters. The zero-order valence-electron chi connectivity index (χ0n) is 9.02. The minimum atomic E-state index is -0.540. The Bertz CT molecular complexity index is 378. The lowest BCUT2D eigenvalue weighted by Gasteiger charge is -2.08. The van der Waals surface area contributed by atoms with E-state index in [0.717, 1.165) is 0 Å². The van der Waals surface area contributed by atoms with E-state index in [1.165, 1.54) is 21.6 Å². The molecule has 6 amide bonds. The van der Waals surface area contributed by atoms with Gasteiger partial charge < -0.3 is 10.6 Å². The Hall–Kier alpha value is -1.42. The number of carbonyl (C=O) groups is 4.